The van der Waals surface area contributed by atoms with E-state index >= 15 is 0 Å². The summed E-state index contributed by atoms with van der Waals surface area (Å²) in [6.07, 6.45) is 29.8. The van der Waals surface area contributed by atoms with Crippen molar-refractivity contribution in [1.29, 1.82) is 0 Å². The molecule has 2 aromatic heterocycles. The molecule has 2 aliphatic rings. The zero-order valence-corrected chi connectivity index (χ0v) is 17.3. The molecule has 148 valence electrons. The van der Waals surface area contributed by atoms with Crippen LogP contribution in [-0.2, 0) is 0 Å². The van der Waals surface area contributed by atoms with Crippen LogP contribution < -0.4 is 0 Å². The van der Waals surface area contributed by atoms with E-state index in [0.29, 0.717) is 11.8 Å². The second-order valence-electron chi connectivity index (χ2n) is 8.06. The van der Waals surface area contributed by atoms with Gasteiger partial charge in [-0.2, -0.15) is 5.10 Å². The molecule has 0 saturated heterocycles. The topological polar surface area (TPSA) is 30.2 Å². The molecule has 4 rings (SSSR count). The molecule has 0 aromatic carbocycles. The lowest BCUT2D eigenvalue weighted by Gasteiger charge is -2.15. The molecule has 0 N–H and O–H groups in total. The molecule has 0 amide bonds. The summed E-state index contributed by atoms with van der Waals surface area (Å²) in [5, 5.41) is 4.73. The minimum Gasteiger partial charge on any atom is -0.228 e. The Labute approximate surface area is 173 Å². The number of fused-ring (bicyclic) bond motifs is 1. The van der Waals surface area contributed by atoms with Gasteiger partial charge in [0, 0.05) is 22.7 Å². The highest BCUT2D eigenvalue weighted by Gasteiger charge is 2.23. The third-order valence-corrected chi connectivity index (χ3v) is 5.66. The zero-order chi connectivity index (χ0) is 20.1. The number of aromatic nitrogens is 3. The smallest absolute Gasteiger partial charge is 0.159 e. The van der Waals surface area contributed by atoms with Crippen LogP contribution in [-0.4, -0.2) is 14.6 Å². The van der Waals surface area contributed by atoms with E-state index in [1.54, 1.807) is 0 Å². The summed E-state index contributed by atoms with van der Waals surface area (Å²) in [7, 11) is 0. The van der Waals surface area contributed by atoms with Crippen molar-refractivity contribution in [2.24, 2.45) is 0 Å². The first-order valence-electron chi connectivity index (χ1n) is 10.7. The lowest BCUT2D eigenvalue weighted by atomic mass is 10.00. The van der Waals surface area contributed by atoms with Crippen LogP contribution in [0.3, 0.4) is 0 Å². The molecule has 2 heterocycles. The average molecular weight is 384 g/mol. The summed E-state index contributed by atoms with van der Waals surface area (Å²) in [5.74, 6) is 0.964. The Morgan fingerprint density at radius 3 is 2.24 bits per heavy atom. The van der Waals surface area contributed by atoms with Crippen molar-refractivity contribution in [3.63, 3.8) is 0 Å². The second kappa shape index (κ2) is 9.04. The summed E-state index contributed by atoms with van der Waals surface area (Å²) in [4.78, 5) is 5.07. The van der Waals surface area contributed by atoms with Gasteiger partial charge in [0.25, 0.3) is 0 Å². The van der Waals surface area contributed by atoms with Crippen LogP contribution in [0.25, 0.3) is 11.2 Å². The van der Waals surface area contributed by atoms with Gasteiger partial charge in [-0.3, -0.25) is 0 Å². The predicted molar refractivity (Wildman–Crippen MR) is 122 cm³/mol. The van der Waals surface area contributed by atoms with Crippen LogP contribution in [0.4, 0.5) is 0 Å². The van der Waals surface area contributed by atoms with Gasteiger partial charge in [-0.25, -0.2) is 9.50 Å². The number of allylic oxidation sites excluding steroid dienone is 12. The van der Waals surface area contributed by atoms with E-state index in [1.807, 2.05) is 36.6 Å². The van der Waals surface area contributed by atoms with Gasteiger partial charge in [-0.15, -0.1) is 0 Å². The zero-order valence-electron chi connectivity index (χ0n) is 17.3. The van der Waals surface area contributed by atoms with Gasteiger partial charge in [-0.1, -0.05) is 93.5 Å². The summed E-state index contributed by atoms with van der Waals surface area (Å²) in [5.41, 5.74) is 5.65. The number of hydrogen-bond acceptors (Lipinski definition) is 2. The van der Waals surface area contributed by atoms with E-state index in [2.05, 4.69) is 60.9 Å². The van der Waals surface area contributed by atoms with Gasteiger partial charge in [0.2, 0.25) is 0 Å². The van der Waals surface area contributed by atoms with Crippen LogP contribution in [0.15, 0.2) is 79.1 Å². The van der Waals surface area contributed by atoms with Crippen molar-refractivity contribution < 1.29 is 0 Å². The van der Waals surface area contributed by atoms with E-state index in [-0.39, 0.29) is 0 Å². The largest absolute Gasteiger partial charge is 0.228 e. The minimum absolute atomic E-state index is 0.396. The summed E-state index contributed by atoms with van der Waals surface area (Å²) in [6.45, 7) is 4.42. The van der Waals surface area contributed by atoms with Crippen LogP contribution in [0, 0.1) is 0 Å². The van der Waals surface area contributed by atoms with Crippen LogP contribution in [0.1, 0.15) is 68.3 Å². The molecule has 2 aromatic rings. The lowest BCUT2D eigenvalue weighted by molar-refractivity contribution is 0.660. The van der Waals surface area contributed by atoms with Crippen LogP contribution >= 0.6 is 0 Å². The monoisotopic (exact) mass is 383 g/mol. The number of hydrogen-bond donors (Lipinski definition) is 0. The van der Waals surface area contributed by atoms with Crippen molar-refractivity contribution >= 4 is 11.2 Å². The minimum atomic E-state index is 0.396. The van der Waals surface area contributed by atoms with Gasteiger partial charge < -0.3 is 0 Å². The third kappa shape index (κ3) is 4.40. The summed E-state index contributed by atoms with van der Waals surface area (Å²) in [6, 6.07) is 2.26. The van der Waals surface area contributed by atoms with Crippen LogP contribution in [0.2, 0.25) is 0 Å². The first kappa shape index (κ1) is 19.4. The maximum absolute atomic E-state index is 5.07. The Bertz CT molecular complexity index is 1040. The van der Waals surface area contributed by atoms with E-state index in [0.717, 1.165) is 16.9 Å². The maximum atomic E-state index is 5.07. The Hall–Kier alpha value is -2.94. The van der Waals surface area contributed by atoms with Crippen molar-refractivity contribution in [3.05, 3.63) is 96.1 Å². The Morgan fingerprint density at radius 2 is 1.55 bits per heavy atom. The van der Waals surface area contributed by atoms with E-state index in [9.17, 15) is 0 Å². The van der Waals surface area contributed by atoms with Crippen molar-refractivity contribution in [2.45, 2.75) is 51.4 Å². The van der Waals surface area contributed by atoms with Crippen molar-refractivity contribution in [1.82, 2.24) is 14.6 Å². The molecule has 0 radical (unpaired) electrons. The van der Waals surface area contributed by atoms with Gasteiger partial charge in [0.05, 0.1) is 11.9 Å². The fourth-order valence-corrected chi connectivity index (χ4v) is 4.06. The average Bonchev–Trinajstić information content (AvgIpc) is 3.38. The molecule has 1 saturated carbocycles. The summed E-state index contributed by atoms with van der Waals surface area (Å²) >= 11 is 0. The van der Waals surface area contributed by atoms with E-state index in [1.165, 1.54) is 36.9 Å². The Balaban J connectivity index is 1.85. The predicted octanol–water partition coefficient (Wildman–Crippen LogP) is 6.69. The molecule has 2 aliphatic carbocycles. The Kier molecular flexibility index (Phi) is 6.04. The highest BCUT2D eigenvalue weighted by atomic mass is 15.3. The first-order chi connectivity index (χ1) is 14.2. The molecule has 29 heavy (non-hydrogen) atoms. The fourth-order valence-electron chi connectivity index (χ4n) is 4.06. The van der Waals surface area contributed by atoms with Gasteiger partial charge in [-0.05, 0) is 24.8 Å². The van der Waals surface area contributed by atoms with E-state index < -0.39 is 0 Å². The van der Waals surface area contributed by atoms with Crippen molar-refractivity contribution in [3.8, 4) is 0 Å². The number of rotatable bonds is 3. The van der Waals surface area contributed by atoms with Gasteiger partial charge >= 0.3 is 0 Å². The lowest BCUT2D eigenvalue weighted by Crippen LogP contribution is -2.07. The quantitative estimate of drug-likeness (QED) is 0.591. The molecule has 0 bridgehead atoms. The molecule has 0 spiro atoms. The van der Waals surface area contributed by atoms with Crippen molar-refractivity contribution in [2.75, 3.05) is 0 Å². The maximum Gasteiger partial charge on any atom is 0.159 e. The molecule has 3 heteroatoms. The molecular weight excluding hydrogens is 354 g/mol. The summed E-state index contributed by atoms with van der Waals surface area (Å²) < 4.78 is 2.09. The SMILES string of the molecule is CC(C)c1cnn2c(C3CCCC3)cc(C3=C\C=C/C=C\C=C/C=C\C=C3)nc12. The number of nitrogens with zero attached hydrogens (tertiary/aromatic N) is 3. The third-order valence-electron chi connectivity index (χ3n) is 5.66. The molecule has 0 atom stereocenters. The van der Waals surface area contributed by atoms with Gasteiger partial charge in [0.1, 0.15) is 0 Å². The molecular formula is C26H29N3. The van der Waals surface area contributed by atoms with E-state index in [4.69, 9.17) is 10.1 Å². The van der Waals surface area contributed by atoms with Crippen LogP contribution in [0.5, 0.6) is 0 Å². The highest BCUT2D eigenvalue weighted by Crippen LogP contribution is 2.36. The standard InChI is InChI=1S/C26H29N3/c1-20(2)23-19-27-29-25(22-16-12-13-17-22)18-24(28-26(23)29)21-14-10-8-6-4-3-5-7-9-11-15-21/h3-11,14-15,18-20,22H,12-13,16-17H2,1-2H3/b4-3-,5-3?,6-4?,7-5-,8-6-,9-7?,10-8?,11-9-,14-10?,15-11?,21-14?,21-15?. The fraction of sp³-hybridized carbons (Fsp3) is 0.308. The normalized spacial score (nSPS) is 22.2. The molecule has 0 aliphatic heterocycles. The molecule has 0 unspecified atom stereocenters. The van der Waals surface area contributed by atoms with Gasteiger partial charge in [0.15, 0.2) is 5.65 Å². The molecule has 1 fully saturated rings. The highest BCUT2D eigenvalue weighted by molar-refractivity contribution is 5.75. The Morgan fingerprint density at radius 1 is 0.897 bits per heavy atom. The second-order valence-corrected chi connectivity index (χ2v) is 8.06. The first-order valence-corrected chi connectivity index (χ1v) is 10.7. The molecule has 3 nitrogen and oxygen atoms in total.